The lowest BCUT2D eigenvalue weighted by Gasteiger charge is -2.12. The number of hydrogen-bond acceptors (Lipinski definition) is 4. The van der Waals surface area contributed by atoms with Crippen molar-refractivity contribution in [1.29, 1.82) is 0 Å². The Bertz CT molecular complexity index is 1030. The summed E-state index contributed by atoms with van der Waals surface area (Å²) in [5, 5.41) is 5.53. The first-order valence-corrected chi connectivity index (χ1v) is 9.32. The molecule has 0 radical (unpaired) electrons. The Hall–Kier alpha value is -2.50. The maximum absolute atomic E-state index is 12.5. The van der Waals surface area contributed by atoms with E-state index >= 15 is 0 Å². The molecule has 0 unspecified atom stereocenters. The third-order valence-electron chi connectivity index (χ3n) is 4.34. The normalized spacial score (nSPS) is 12.6. The van der Waals surface area contributed by atoms with Crippen LogP contribution in [0.1, 0.15) is 23.0 Å². The third-order valence-corrected chi connectivity index (χ3v) is 4.88. The van der Waals surface area contributed by atoms with Crippen LogP contribution in [0, 0.1) is 0 Å². The number of fused-ring (bicyclic) bond motifs is 3. The van der Waals surface area contributed by atoms with E-state index < -0.39 is 5.97 Å². The summed E-state index contributed by atoms with van der Waals surface area (Å²) in [5.41, 5.74) is 3.31. The van der Waals surface area contributed by atoms with Crippen molar-refractivity contribution >= 4 is 29.2 Å². The molecule has 0 saturated carbocycles. The van der Waals surface area contributed by atoms with Crippen molar-refractivity contribution < 1.29 is 14.3 Å². The monoisotopic (exact) mass is 402 g/mol. The number of carbonyl (C=O) groups excluding carboxylic acids is 1. The predicted octanol–water partition coefficient (Wildman–Crippen LogP) is 4.96. The van der Waals surface area contributed by atoms with Gasteiger partial charge in [-0.2, -0.15) is 5.10 Å². The summed E-state index contributed by atoms with van der Waals surface area (Å²) in [5.74, 6) is 0.273. The Morgan fingerprint density at radius 2 is 2.07 bits per heavy atom. The van der Waals surface area contributed by atoms with E-state index in [0.29, 0.717) is 28.8 Å². The van der Waals surface area contributed by atoms with Crippen LogP contribution in [-0.2, 0) is 11.2 Å². The van der Waals surface area contributed by atoms with Crippen LogP contribution in [0.15, 0.2) is 42.5 Å². The Kier molecular flexibility index (Phi) is 4.81. The van der Waals surface area contributed by atoms with Gasteiger partial charge < -0.3 is 9.47 Å². The number of rotatable bonds is 3. The average Bonchev–Trinajstić information content (AvgIpc) is 2.91. The Labute approximate surface area is 166 Å². The molecule has 4 rings (SSSR count). The lowest BCUT2D eigenvalue weighted by Crippen LogP contribution is -2.10. The fourth-order valence-corrected chi connectivity index (χ4v) is 3.69. The van der Waals surface area contributed by atoms with Crippen molar-refractivity contribution in [2.24, 2.45) is 0 Å². The van der Waals surface area contributed by atoms with Crippen molar-refractivity contribution in [2.45, 2.75) is 13.3 Å². The topological polar surface area (TPSA) is 53.3 Å². The summed E-state index contributed by atoms with van der Waals surface area (Å²) in [6, 6.07) is 12.8. The van der Waals surface area contributed by atoms with Crippen LogP contribution in [-0.4, -0.2) is 29.0 Å². The molecule has 0 bridgehead atoms. The quantitative estimate of drug-likeness (QED) is 0.581. The summed E-state index contributed by atoms with van der Waals surface area (Å²) < 4.78 is 12.8. The van der Waals surface area contributed by atoms with E-state index in [2.05, 4.69) is 5.10 Å². The molecule has 2 heterocycles. The molecule has 1 aromatic heterocycles. The van der Waals surface area contributed by atoms with Gasteiger partial charge in [-0.1, -0.05) is 35.3 Å². The van der Waals surface area contributed by atoms with Gasteiger partial charge in [0.05, 0.1) is 29.6 Å². The summed E-state index contributed by atoms with van der Waals surface area (Å²) >= 11 is 12.5. The van der Waals surface area contributed by atoms with Crippen molar-refractivity contribution in [1.82, 2.24) is 9.78 Å². The van der Waals surface area contributed by atoms with E-state index in [-0.39, 0.29) is 12.3 Å². The van der Waals surface area contributed by atoms with Gasteiger partial charge in [0.2, 0.25) is 0 Å². The summed E-state index contributed by atoms with van der Waals surface area (Å²) in [6.07, 6.45) is 0.531. The van der Waals surface area contributed by atoms with Crippen molar-refractivity contribution in [3.63, 3.8) is 0 Å². The molecule has 7 heteroatoms. The number of esters is 1. The standard InChI is InChI=1S/C20H16Cl2N2O3/c1-2-26-20(25)18-14-9-10-27-17-6-4-3-5-13(17)19(14)24(23-18)16-8-7-12(21)11-15(16)22/h3-8,11H,2,9-10H2,1H3. The maximum atomic E-state index is 12.5. The van der Waals surface area contributed by atoms with Crippen LogP contribution < -0.4 is 4.74 Å². The number of benzene rings is 2. The number of nitrogens with zero attached hydrogens (tertiary/aromatic N) is 2. The third kappa shape index (κ3) is 3.17. The number of ether oxygens (including phenoxy) is 2. The molecule has 1 aliphatic rings. The van der Waals surface area contributed by atoms with E-state index in [4.69, 9.17) is 32.7 Å². The second-order valence-electron chi connectivity index (χ2n) is 6.00. The van der Waals surface area contributed by atoms with Crippen LogP contribution in [0.25, 0.3) is 16.9 Å². The van der Waals surface area contributed by atoms with Crippen LogP contribution >= 0.6 is 23.2 Å². The molecule has 0 fully saturated rings. The average molecular weight is 403 g/mol. The molecule has 0 aliphatic carbocycles. The maximum Gasteiger partial charge on any atom is 0.359 e. The van der Waals surface area contributed by atoms with Gasteiger partial charge in [0, 0.05) is 22.6 Å². The Balaban J connectivity index is 2.02. The zero-order valence-electron chi connectivity index (χ0n) is 14.5. The number of carbonyl (C=O) groups is 1. The van der Waals surface area contributed by atoms with Gasteiger partial charge in [0.1, 0.15) is 5.75 Å². The van der Waals surface area contributed by atoms with Crippen molar-refractivity contribution in [3.8, 4) is 22.7 Å². The number of aromatic nitrogens is 2. The molecule has 0 spiro atoms. The highest BCUT2D eigenvalue weighted by Gasteiger charge is 2.29. The van der Waals surface area contributed by atoms with Gasteiger partial charge >= 0.3 is 5.97 Å². The zero-order chi connectivity index (χ0) is 19.0. The molecule has 5 nitrogen and oxygen atoms in total. The van der Waals surface area contributed by atoms with Crippen LogP contribution in [0.5, 0.6) is 5.75 Å². The number of halogens is 2. The van der Waals surface area contributed by atoms with Gasteiger partial charge in [-0.25, -0.2) is 9.48 Å². The molecule has 27 heavy (non-hydrogen) atoms. The molecule has 3 aromatic rings. The Morgan fingerprint density at radius 3 is 2.85 bits per heavy atom. The highest BCUT2D eigenvalue weighted by Crippen LogP contribution is 2.39. The second kappa shape index (κ2) is 7.25. The number of para-hydroxylation sites is 1. The second-order valence-corrected chi connectivity index (χ2v) is 6.84. The summed E-state index contributed by atoms with van der Waals surface area (Å²) in [7, 11) is 0. The highest BCUT2D eigenvalue weighted by atomic mass is 35.5. The fourth-order valence-electron chi connectivity index (χ4n) is 3.21. The van der Waals surface area contributed by atoms with Gasteiger partial charge in [-0.15, -0.1) is 0 Å². The van der Waals surface area contributed by atoms with Crippen molar-refractivity contribution in [2.75, 3.05) is 13.2 Å². The summed E-state index contributed by atoms with van der Waals surface area (Å²) in [6.45, 7) is 2.48. The fraction of sp³-hybridized carbons (Fsp3) is 0.200. The smallest absolute Gasteiger partial charge is 0.359 e. The van der Waals surface area contributed by atoms with Crippen LogP contribution in [0.3, 0.4) is 0 Å². The minimum Gasteiger partial charge on any atom is -0.493 e. The largest absolute Gasteiger partial charge is 0.493 e. The molecule has 2 aromatic carbocycles. The van der Waals surface area contributed by atoms with Gasteiger partial charge in [-0.3, -0.25) is 0 Å². The van der Waals surface area contributed by atoms with Gasteiger partial charge in [0.15, 0.2) is 5.69 Å². The predicted molar refractivity (Wildman–Crippen MR) is 104 cm³/mol. The van der Waals surface area contributed by atoms with E-state index in [1.807, 2.05) is 24.3 Å². The van der Waals surface area contributed by atoms with Crippen LogP contribution in [0.4, 0.5) is 0 Å². The minimum atomic E-state index is -0.461. The van der Waals surface area contributed by atoms with Crippen molar-refractivity contribution in [3.05, 3.63) is 63.8 Å². The highest BCUT2D eigenvalue weighted by molar-refractivity contribution is 6.35. The molecule has 138 valence electrons. The minimum absolute atomic E-state index is 0.273. The van der Waals surface area contributed by atoms with Gasteiger partial charge in [0.25, 0.3) is 0 Å². The zero-order valence-corrected chi connectivity index (χ0v) is 16.0. The molecule has 0 atom stereocenters. The molecule has 0 saturated heterocycles. The van der Waals surface area contributed by atoms with Gasteiger partial charge in [-0.05, 0) is 37.3 Å². The van der Waals surface area contributed by atoms with E-state index in [1.165, 1.54) is 0 Å². The molecular weight excluding hydrogens is 387 g/mol. The molecule has 0 amide bonds. The van der Waals surface area contributed by atoms with Crippen LogP contribution in [0.2, 0.25) is 10.0 Å². The molecular formula is C20H16Cl2N2O3. The number of hydrogen-bond donors (Lipinski definition) is 0. The summed E-state index contributed by atoms with van der Waals surface area (Å²) in [4.78, 5) is 12.5. The SMILES string of the molecule is CCOC(=O)c1nn(-c2ccc(Cl)cc2Cl)c2c1CCOc1ccccc1-2. The van der Waals surface area contributed by atoms with E-state index in [1.54, 1.807) is 29.8 Å². The Morgan fingerprint density at radius 1 is 1.26 bits per heavy atom. The lowest BCUT2D eigenvalue weighted by molar-refractivity contribution is 0.0517. The van der Waals surface area contributed by atoms with E-state index in [9.17, 15) is 4.79 Å². The van der Waals surface area contributed by atoms with E-state index in [0.717, 1.165) is 22.6 Å². The molecule has 0 N–H and O–H groups in total. The first-order chi connectivity index (χ1) is 13.1. The molecule has 1 aliphatic heterocycles. The lowest BCUT2D eigenvalue weighted by atomic mass is 10.0. The first kappa shape index (κ1) is 17.9. The first-order valence-electron chi connectivity index (χ1n) is 8.56.